The largest absolute Gasteiger partial charge is 0.337 e. The Hall–Kier alpha value is -1.13. The number of carbonyl (C=O) groups is 1. The number of benzene rings is 1. The average molecular weight is 283 g/mol. The van der Waals surface area contributed by atoms with Gasteiger partial charge in [-0.05, 0) is 35.4 Å². The molecule has 102 valence electrons. The maximum absolute atomic E-state index is 14.2. The Morgan fingerprint density at radius 1 is 1.42 bits per heavy atom. The minimum Gasteiger partial charge on any atom is -0.337 e. The molecule has 0 N–H and O–H groups in total. The van der Waals surface area contributed by atoms with Crippen molar-refractivity contribution in [2.45, 2.75) is 25.3 Å². The van der Waals surface area contributed by atoms with Gasteiger partial charge in [0.1, 0.15) is 5.82 Å². The molecular weight excluding hydrogens is 267 g/mol. The second-order valence-electron chi connectivity index (χ2n) is 5.31. The lowest BCUT2D eigenvalue weighted by molar-refractivity contribution is 0.0697. The SMILES string of the molecule is CCc1cc(F)c2c(c1)[C@H]1CN(Cl)C[C@@H]1N(C)C2=O. The molecule has 0 saturated carbocycles. The Bertz CT molecular complexity index is 548. The molecule has 5 heteroatoms. The first-order chi connectivity index (χ1) is 9.02. The van der Waals surface area contributed by atoms with Crippen LogP contribution in [-0.4, -0.2) is 41.4 Å². The van der Waals surface area contributed by atoms with Gasteiger partial charge in [-0.1, -0.05) is 13.0 Å². The van der Waals surface area contributed by atoms with Crippen molar-refractivity contribution >= 4 is 17.7 Å². The number of nitrogens with zero attached hydrogens (tertiary/aromatic N) is 2. The van der Waals surface area contributed by atoms with Crippen LogP contribution in [0.15, 0.2) is 12.1 Å². The number of rotatable bonds is 1. The van der Waals surface area contributed by atoms with E-state index >= 15 is 0 Å². The van der Waals surface area contributed by atoms with Crippen molar-refractivity contribution in [3.63, 3.8) is 0 Å². The van der Waals surface area contributed by atoms with Crippen LogP contribution in [-0.2, 0) is 6.42 Å². The Morgan fingerprint density at radius 2 is 2.16 bits per heavy atom. The Labute approximate surface area is 117 Å². The predicted octanol–water partition coefficient (Wildman–Crippen LogP) is 2.40. The number of fused-ring (bicyclic) bond motifs is 3. The summed E-state index contributed by atoms with van der Waals surface area (Å²) in [5.41, 5.74) is 1.99. The molecule has 3 rings (SSSR count). The fourth-order valence-electron chi connectivity index (χ4n) is 3.17. The van der Waals surface area contributed by atoms with E-state index in [0.717, 1.165) is 17.5 Å². The highest BCUT2D eigenvalue weighted by Gasteiger charge is 2.44. The van der Waals surface area contributed by atoms with Crippen molar-refractivity contribution in [3.05, 3.63) is 34.6 Å². The van der Waals surface area contributed by atoms with Gasteiger partial charge in [-0.15, -0.1) is 0 Å². The zero-order chi connectivity index (χ0) is 13.7. The molecule has 1 aromatic carbocycles. The van der Waals surface area contributed by atoms with E-state index in [9.17, 15) is 9.18 Å². The highest BCUT2D eigenvalue weighted by atomic mass is 35.5. The summed E-state index contributed by atoms with van der Waals surface area (Å²) >= 11 is 6.08. The predicted molar refractivity (Wildman–Crippen MR) is 71.8 cm³/mol. The summed E-state index contributed by atoms with van der Waals surface area (Å²) in [5.74, 6) is -0.530. The Kier molecular flexibility index (Phi) is 3.02. The van der Waals surface area contributed by atoms with E-state index in [1.165, 1.54) is 6.07 Å². The number of hydrogen-bond donors (Lipinski definition) is 0. The molecule has 1 aromatic rings. The van der Waals surface area contributed by atoms with Gasteiger partial charge in [0.15, 0.2) is 0 Å². The van der Waals surface area contributed by atoms with Crippen molar-refractivity contribution in [1.82, 2.24) is 9.32 Å². The summed E-state index contributed by atoms with van der Waals surface area (Å²) in [6.45, 7) is 3.27. The molecule has 0 spiro atoms. The van der Waals surface area contributed by atoms with Gasteiger partial charge in [0.25, 0.3) is 5.91 Å². The molecule has 0 unspecified atom stereocenters. The van der Waals surface area contributed by atoms with Gasteiger partial charge >= 0.3 is 0 Å². The van der Waals surface area contributed by atoms with Crippen LogP contribution in [0.4, 0.5) is 4.39 Å². The van der Waals surface area contributed by atoms with Gasteiger partial charge in [0.05, 0.1) is 11.6 Å². The van der Waals surface area contributed by atoms with E-state index < -0.39 is 5.82 Å². The second-order valence-corrected chi connectivity index (χ2v) is 5.79. The van der Waals surface area contributed by atoms with Gasteiger partial charge in [-0.25, -0.2) is 8.81 Å². The van der Waals surface area contributed by atoms with Crippen molar-refractivity contribution in [2.24, 2.45) is 0 Å². The highest BCUT2D eigenvalue weighted by molar-refractivity contribution is 6.13. The number of aryl methyl sites for hydroxylation is 1. The van der Waals surface area contributed by atoms with Gasteiger partial charge in [0.2, 0.25) is 0 Å². The van der Waals surface area contributed by atoms with E-state index in [1.54, 1.807) is 16.4 Å². The molecule has 2 aliphatic heterocycles. The molecule has 2 atom stereocenters. The van der Waals surface area contributed by atoms with Gasteiger partial charge in [0, 0.05) is 26.1 Å². The van der Waals surface area contributed by atoms with Crippen LogP contribution in [0.2, 0.25) is 0 Å². The van der Waals surface area contributed by atoms with Gasteiger partial charge in [-0.2, -0.15) is 0 Å². The van der Waals surface area contributed by atoms with Crippen LogP contribution in [0.3, 0.4) is 0 Å². The second kappa shape index (κ2) is 4.46. The van der Waals surface area contributed by atoms with Crippen LogP contribution in [0.1, 0.15) is 34.3 Å². The first-order valence-electron chi connectivity index (χ1n) is 6.53. The first kappa shape index (κ1) is 12.9. The van der Waals surface area contributed by atoms with Crippen molar-refractivity contribution in [3.8, 4) is 0 Å². The van der Waals surface area contributed by atoms with Crippen LogP contribution in [0.25, 0.3) is 0 Å². The molecule has 0 radical (unpaired) electrons. The van der Waals surface area contributed by atoms with E-state index in [2.05, 4.69) is 0 Å². The van der Waals surface area contributed by atoms with Crippen molar-refractivity contribution in [1.29, 1.82) is 0 Å². The van der Waals surface area contributed by atoms with E-state index in [4.69, 9.17) is 11.8 Å². The molecule has 1 amide bonds. The van der Waals surface area contributed by atoms with Crippen molar-refractivity contribution in [2.75, 3.05) is 20.1 Å². The number of halogens is 2. The zero-order valence-corrected chi connectivity index (χ0v) is 11.7. The molecular formula is C14H16ClFN2O. The van der Waals surface area contributed by atoms with Crippen LogP contribution in [0.5, 0.6) is 0 Å². The van der Waals surface area contributed by atoms with Crippen LogP contribution < -0.4 is 0 Å². The Balaban J connectivity index is 2.18. The van der Waals surface area contributed by atoms with Crippen molar-refractivity contribution < 1.29 is 9.18 Å². The monoisotopic (exact) mass is 282 g/mol. The third-order valence-corrected chi connectivity index (χ3v) is 4.54. The zero-order valence-electron chi connectivity index (χ0n) is 11.0. The van der Waals surface area contributed by atoms with Crippen LogP contribution >= 0.6 is 11.8 Å². The summed E-state index contributed by atoms with van der Waals surface area (Å²) in [6.07, 6.45) is 0.760. The standard InChI is InChI=1S/C14H16ClFN2O/c1-3-8-4-9-10-6-18(15)7-12(10)17(2)14(19)13(9)11(16)5-8/h4-5,10,12H,3,6-7H2,1-2H3/t10-,12+/m1/s1. The molecule has 0 bridgehead atoms. The molecule has 1 fully saturated rings. The Morgan fingerprint density at radius 3 is 2.84 bits per heavy atom. The van der Waals surface area contributed by atoms with Gasteiger partial charge in [-0.3, -0.25) is 4.79 Å². The molecule has 1 saturated heterocycles. The number of amides is 1. The molecule has 3 nitrogen and oxygen atoms in total. The summed E-state index contributed by atoms with van der Waals surface area (Å²) in [4.78, 5) is 13.9. The van der Waals surface area contributed by atoms with E-state index in [-0.39, 0.29) is 23.4 Å². The quantitative estimate of drug-likeness (QED) is 0.739. The molecule has 0 aromatic heterocycles. The molecule has 2 heterocycles. The average Bonchev–Trinajstić information content (AvgIpc) is 2.77. The number of carbonyl (C=O) groups excluding carboxylic acids is 1. The first-order valence-corrected chi connectivity index (χ1v) is 6.87. The summed E-state index contributed by atoms with van der Waals surface area (Å²) in [6, 6.07) is 3.49. The lowest BCUT2D eigenvalue weighted by atomic mass is 9.83. The summed E-state index contributed by atoms with van der Waals surface area (Å²) in [7, 11) is 1.73. The number of hydrogen-bond acceptors (Lipinski definition) is 2. The fraction of sp³-hybridized carbons (Fsp3) is 0.500. The maximum Gasteiger partial charge on any atom is 0.257 e. The molecule has 19 heavy (non-hydrogen) atoms. The molecule has 0 aliphatic carbocycles. The number of likely N-dealkylation sites (N-methyl/N-ethyl adjacent to an activating group) is 1. The minimum atomic E-state index is -0.405. The fourth-order valence-corrected chi connectivity index (χ4v) is 3.46. The topological polar surface area (TPSA) is 23.6 Å². The van der Waals surface area contributed by atoms with Gasteiger partial charge < -0.3 is 4.90 Å². The highest BCUT2D eigenvalue weighted by Crippen LogP contribution is 2.39. The third-order valence-electron chi connectivity index (χ3n) is 4.26. The smallest absolute Gasteiger partial charge is 0.257 e. The summed E-state index contributed by atoms with van der Waals surface area (Å²) in [5, 5.41) is 0. The summed E-state index contributed by atoms with van der Waals surface area (Å²) < 4.78 is 15.9. The molecule has 2 aliphatic rings. The minimum absolute atomic E-state index is 0.0454. The lowest BCUT2D eigenvalue weighted by Gasteiger charge is -2.35. The van der Waals surface area contributed by atoms with E-state index in [0.29, 0.717) is 13.1 Å². The van der Waals surface area contributed by atoms with E-state index in [1.807, 2.05) is 13.0 Å². The lowest BCUT2D eigenvalue weighted by Crippen LogP contribution is -2.46. The maximum atomic E-state index is 14.2. The van der Waals surface area contributed by atoms with Crippen LogP contribution in [0, 0.1) is 5.82 Å². The third kappa shape index (κ3) is 1.85. The normalized spacial score (nSPS) is 26.5.